The summed E-state index contributed by atoms with van der Waals surface area (Å²) in [6, 6.07) is 8.52. The van der Waals surface area contributed by atoms with Gasteiger partial charge in [-0.15, -0.1) is 0 Å². The first kappa shape index (κ1) is 14.4. The summed E-state index contributed by atoms with van der Waals surface area (Å²) in [5.41, 5.74) is 6.18. The Balaban J connectivity index is 2.04. The molecular weight excluding hydrogens is 301 g/mol. The lowest BCUT2D eigenvalue weighted by molar-refractivity contribution is 0.0962. The van der Waals surface area contributed by atoms with Crippen LogP contribution >= 0.6 is 23.2 Å². The molecule has 2 N–H and O–H groups in total. The number of carbonyl (C=O) groups excluding carboxylic acids is 1. The van der Waals surface area contributed by atoms with Gasteiger partial charge in [-0.05, 0) is 18.2 Å². The zero-order valence-corrected chi connectivity index (χ0v) is 12.0. The second-order valence-corrected chi connectivity index (χ2v) is 4.59. The third-order valence-electron chi connectivity index (χ3n) is 2.45. The Bertz CT molecular complexity index is 635. The number of halogens is 2. The number of benzene rings is 1. The van der Waals surface area contributed by atoms with E-state index < -0.39 is 5.91 Å². The quantitative estimate of drug-likeness (QED) is 0.672. The number of methoxy groups -OCH3 is 1. The van der Waals surface area contributed by atoms with E-state index in [0.717, 1.165) is 0 Å². The molecule has 0 radical (unpaired) electrons. The Morgan fingerprint density at radius 3 is 2.80 bits per heavy atom. The summed E-state index contributed by atoms with van der Waals surface area (Å²) in [4.78, 5) is 15.7. The van der Waals surface area contributed by atoms with Gasteiger partial charge in [0.25, 0.3) is 5.91 Å². The first-order chi connectivity index (χ1) is 9.60. The number of anilines is 1. The minimum absolute atomic E-state index is 0.228. The van der Waals surface area contributed by atoms with Gasteiger partial charge in [0.1, 0.15) is 10.9 Å². The lowest BCUT2D eigenvalue weighted by atomic mass is 10.3. The van der Waals surface area contributed by atoms with Crippen molar-refractivity contribution in [3.8, 4) is 5.75 Å². The maximum Gasteiger partial charge on any atom is 0.272 e. The SMILES string of the molecule is COc1cccc(NNC(=O)c2cnc(Cl)cc2Cl)c1. The van der Waals surface area contributed by atoms with Gasteiger partial charge < -0.3 is 4.74 Å². The summed E-state index contributed by atoms with van der Waals surface area (Å²) in [5.74, 6) is 0.262. The van der Waals surface area contributed by atoms with Gasteiger partial charge in [-0.2, -0.15) is 0 Å². The van der Waals surface area contributed by atoms with Crippen molar-refractivity contribution in [1.29, 1.82) is 0 Å². The zero-order chi connectivity index (χ0) is 14.5. The van der Waals surface area contributed by atoms with Crippen LogP contribution < -0.4 is 15.6 Å². The number of rotatable bonds is 4. The van der Waals surface area contributed by atoms with Crippen LogP contribution in [0.15, 0.2) is 36.5 Å². The van der Waals surface area contributed by atoms with Crippen LogP contribution in [0, 0.1) is 0 Å². The fourth-order valence-electron chi connectivity index (χ4n) is 1.47. The van der Waals surface area contributed by atoms with E-state index in [9.17, 15) is 4.79 Å². The minimum Gasteiger partial charge on any atom is -0.497 e. The molecular formula is C13H11Cl2N3O2. The Hall–Kier alpha value is -1.98. The van der Waals surface area contributed by atoms with Crippen LogP contribution in [0.4, 0.5) is 5.69 Å². The number of pyridine rings is 1. The molecule has 0 aliphatic carbocycles. The molecule has 1 heterocycles. The van der Waals surface area contributed by atoms with Crippen LogP contribution in [0.25, 0.3) is 0 Å². The summed E-state index contributed by atoms with van der Waals surface area (Å²) < 4.78 is 5.08. The number of hydrazine groups is 1. The van der Waals surface area contributed by atoms with Gasteiger partial charge in [0.15, 0.2) is 0 Å². The van der Waals surface area contributed by atoms with Gasteiger partial charge in [0, 0.05) is 12.3 Å². The Morgan fingerprint density at radius 2 is 2.10 bits per heavy atom. The molecule has 0 aliphatic heterocycles. The van der Waals surface area contributed by atoms with Crippen molar-refractivity contribution in [3.05, 3.63) is 52.3 Å². The maximum atomic E-state index is 11.9. The van der Waals surface area contributed by atoms with Crippen molar-refractivity contribution in [2.45, 2.75) is 0 Å². The summed E-state index contributed by atoms with van der Waals surface area (Å²) in [6.45, 7) is 0. The molecule has 1 amide bonds. The fraction of sp³-hybridized carbons (Fsp3) is 0.0769. The molecule has 104 valence electrons. The zero-order valence-electron chi connectivity index (χ0n) is 10.5. The highest BCUT2D eigenvalue weighted by molar-refractivity contribution is 6.36. The highest BCUT2D eigenvalue weighted by Crippen LogP contribution is 2.19. The van der Waals surface area contributed by atoms with Crippen molar-refractivity contribution in [2.75, 3.05) is 12.5 Å². The first-order valence-corrected chi connectivity index (χ1v) is 6.37. The second kappa shape index (κ2) is 6.45. The average Bonchev–Trinajstić information content (AvgIpc) is 2.45. The van der Waals surface area contributed by atoms with Gasteiger partial charge in [0.2, 0.25) is 0 Å². The number of hydrogen-bond donors (Lipinski definition) is 2. The fourth-order valence-corrected chi connectivity index (χ4v) is 1.92. The molecule has 20 heavy (non-hydrogen) atoms. The molecule has 1 aromatic carbocycles. The molecule has 0 atom stereocenters. The van der Waals surface area contributed by atoms with Crippen molar-refractivity contribution < 1.29 is 9.53 Å². The number of ether oxygens (including phenoxy) is 1. The predicted molar refractivity (Wildman–Crippen MR) is 78.3 cm³/mol. The molecule has 1 aromatic heterocycles. The van der Waals surface area contributed by atoms with Gasteiger partial charge in [-0.25, -0.2) is 4.98 Å². The van der Waals surface area contributed by atoms with E-state index in [4.69, 9.17) is 27.9 Å². The lowest BCUT2D eigenvalue weighted by Gasteiger charge is -2.10. The van der Waals surface area contributed by atoms with E-state index >= 15 is 0 Å². The van der Waals surface area contributed by atoms with E-state index in [1.54, 1.807) is 31.4 Å². The van der Waals surface area contributed by atoms with Gasteiger partial charge in [0.05, 0.1) is 23.4 Å². The van der Waals surface area contributed by atoms with Gasteiger partial charge in [-0.1, -0.05) is 29.3 Å². The third kappa shape index (κ3) is 3.53. The summed E-state index contributed by atoms with van der Waals surface area (Å²) in [6.07, 6.45) is 1.31. The Kier molecular flexibility index (Phi) is 4.65. The molecule has 0 bridgehead atoms. The van der Waals surface area contributed by atoms with E-state index in [1.807, 2.05) is 0 Å². The molecule has 0 aliphatic rings. The van der Waals surface area contributed by atoms with Crippen molar-refractivity contribution >= 4 is 34.8 Å². The maximum absolute atomic E-state index is 11.9. The normalized spacial score (nSPS) is 9.95. The molecule has 5 nitrogen and oxygen atoms in total. The summed E-state index contributed by atoms with van der Waals surface area (Å²) >= 11 is 11.6. The van der Waals surface area contributed by atoms with E-state index in [-0.39, 0.29) is 15.7 Å². The molecule has 2 aromatic rings. The average molecular weight is 312 g/mol. The predicted octanol–water partition coefficient (Wildman–Crippen LogP) is 3.15. The number of amides is 1. The molecule has 0 spiro atoms. The van der Waals surface area contributed by atoms with Crippen LogP contribution in [0.5, 0.6) is 5.75 Å². The Labute approximate surface area is 125 Å². The Morgan fingerprint density at radius 1 is 1.30 bits per heavy atom. The number of aromatic nitrogens is 1. The number of hydrogen-bond acceptors (Lipinski definition) is 4. The summed E-state index contributed by atoms with van der Waals surface area (Å²) in [5, 5.41) is 0.460. The lowest BCUT2D eigenvalue weighted by Crippen LogP contribution is -2.29. The number of nitrogens with one attached hydrogen (secondary N) is 2. The van der Waals surface area contributed by atoms with Crippen molar-refractivity contribution in [1.82, 2.24) is 10.4 Å². The topological polar surface area (TPSA) is 63.2 Å². The van der Waals surface area contributed by atoms with Crippen LogP contribution in [0.2, 0.25) is 10.2 Å². The molecule has 2 rings (SSSR count). The van der Waals surface area contributed by atoms with Crippen molar-refractivity contribution in [3.63, 3.8) is 0 Å². The molecule has 0 saturated heterocycles. The third-order valence-corrected chi connectivity index (χ3v) is 2.97. The standard InChI is InChI=1S/C13H11Cl2N3O2/c1-20-9-4-2-3-8(5-9)17-18-13(19)10-7-16-12(15)6-11(10)14/h2-7,17H,1H3,(H,18,19). The monoisotopic (exact) mass is 311 g/mol. The molecule has 0 saturated carbocycles. The largest absolute Gasteiger partial charge is 0.497 e. The molecule has 7 heteroatoms. The van der Waals surface area contributed by atoms with Crippen LogP contribution in [0.3, 0.4) is 0 Å². The molecule has 0 fully saturated rings. The van der Waals surface area contributed by atoms with Crippen LogP contribution in [-0.4, -0.2) is 18.0 Å². The van der Waals surface area contributed by atoms with Crippen molar-refractivity contribution in [2.24, 2.45) is 0 Å². The van der Waals surface area contributed by atoms with E-state index in [1.165, 1.54) is 12.3 Å². The van der Waals surface area contributed by atoms with Gasteiger partial charge in [-0.3, -0.25) is 15.6 Å². The summed E-state index contributed by atoms with van der Waals surface area (Å²) in [7, 11) is 1.57. The second-order valence-electron chi connectivity index (χ2n) is 3.80. The van der Waals surface area contributed by atoms with Crippen LogP contribution in [0.1, 0.15) is 10.4 Å². The first-order valence-electron chi connectivity index (χ1n) is 5.61. The van der Waals surface area contributed by atoms with E-state index in [0.29, 0.717) is 11.4 Å². The van der Waals surface area contributed by atoms with Gasteiger partial charge >= 0.3 is 0 Å². The highest BCUT2D eigenvalue weighted by atomic mass is 35.5. The smallest absolute Gasteiger partial charge is 0.272 e. The van der Waals surface area contributed by atoms with E-state index in [2.05, 4.69) is 15.8 Å². The number of carbonyl (C=O) groups is 1. The minimum atomic E-state index is -0.415. The van der Waals surface area contributed by atoms with Crippen LogP contribution in [-0.2, 0) is 0 Å². The number of nitrogens with zero attached hydrogens (tertiary/aromatic N) is 1. The molecule has 0 unspecified atom stereocenters. The highest BCUT2D eigenvalue weighted by Gasteiger charge is 2.11.